The van der Waals surface area contributed by atoms with Gasteiger partial charge < -0.3 is 10.0 Å². The predicted molar refractivity (Wildman–Crippen MR) is 73.0 cm³/mol. The minimum absolute atomic E-state index is 0.204. The first kappa shape index (κ1) is 12.5. The van der Waals surface area contributed by atoms with E-state index in [1.54, 1.807) is 4.90 Å². The molecule has 0 aliphatic carbocycles. The molecule has 1 aromatic rings. The smallest absolute Gasteiger partial charge is 0.407 e. The number of benzene rings is 1. The second-order valence-electron chi connectivity index (χ2n) is 5.63. The molecule has 2 unspecified atom stereocenters. The van der Waals surface area contributed by atoms with E-state index in [1.807, 2.05) is 6.07 Å². The summed E-state index contributed by atoms with van der Waals surface area (Å²) < 4.78 is 0. The second-order valence-corrected chi connectivity index (χ2v) is 5.63. The molecule has 1 amide bonds. The Balaban J connectivity index is 1.67. The van der Waals surface area contributed by atoms with E-state index in [0.717, 1.165) is 26.1 Å². The van der Waals surface area contributed by atoms with E-state index in [2.05, 4.69) is 29.2 Å². The third kappa shape index (κ3) is 2.59. The normalized spacial score (nSPS) is 27.3. The van der Waals surface area contributed by atoms with Crippen molar-refractivity contribution in [2.45, 2.75) is 25.4 Å². The summed E-state index contributed by atoms with van der Waals surface area (Å²) in [6.45, 7) is 3.55. The van der Waals surface area contributed by atoms with E-state index >= 15 is 0 Å². The molecule has 0 bridgehead atoms. The van der Waals surface area contributed by atoms with Gasteiger partial charge in [0.05, 0.1) is 6.04 Å². The Labute approximate surface area is 113 Å². The highest BCUT2D eigenvalue weighted by molar-refractivity contribution is 5.65. The molecule has 0 spiro atoms. The maximum Gasteiger partial charge on any atom is 0.407 e. The Kier molecular flexibility index (Phi) is 3.42. The molecular weight excluding hydrogens is 240 g/mol. The number of carbonyl (C=O) groups is 1. The van der Waals surface area contributed by atoms with Crippen LogP contribution in [0.15, 0.2) is 30.3 Å². The van der Waals surface area contributed by atoms with Gasteiger partial charge >= 0.3 is 6.09 Å². The van der Waals surface area contributed by atoms with Crippen LogP contribution in [0.25, 0.3) is 0 Å². The van der Waals surface area contributed by atoms with Gasteiger partial charge in [0.1, 0.15) is 0 Å². The Morgan fingerprint density at radius 1 is 1.26 bits per heavy atom. The monoisotopic (exact) mass is 260 g/mol. The fraction of sp³-hybridized carbons (Fsp3) is 0.533. The van der Waals surface area contributed by atoms with Crippen LogP contribution in [-0.2, 0) is 6.54 Å². The number of nitrogens with zero attached hydrogens (tertiary/aromatic N) is 2. The number of piperidine rings is 1. The van der Waals surface area contributed by atoms with Crippen molar-refractivity contribution in [1.29, 1.82) is 0 Å². The largest absolute Gasteiger partial charge is 0.465 e. The van der Waals surface area contributed by atoms with Crippen LogP contribution in [0.3, 0.4) is 0 Å². The van der Waals surface area contributed by atoms with Gasteiger partial charge in [-0.05, 0) is 24.3 Å². The van der Waals surface area contributed by atoms with Gasteiger partial charge in [-0.3, -0.25) is 4.90 Å². The molecule has 2 saturated heterocycles. The van der Waals surface area contributed by atoms with Crippen molar-refractivity contribution < 1.29 is 9.90 Å². The van der Waals surface area contributed by atoms with Crippen molar-refractivity contribution in [3.63, 3.8) is 0 Å². The third-order valence-electron chi connectivity index (χ3n) is 4.35. The van der Waals surface area contributed by atoms with Gasteiger partial charge in [0.25, 0.3) is 0 Å². The van der Waals surface area contributed by atoms with Crippen molar-refractivity contribution in [3.8, 4) is 0 Å². The number of likely N-dealkylation sites (tertiary alicyclic amines) is 2. The zero-order valence-electron chi connectivity index (χ0n) is 11.0. The van der Waals surface area contributed by atoms with Gasteiger partial charge in [-0.1, -0.05) is 30.3 Å². The lowest BCUT2D eigenvalue weighted by atomic mass is 9.92. The van der Waals surface area contributed by atoms with Crippen molar-refractivity contribution in [3.05, 3.63) is 35.9 Å². The number of rotatable bonds is 2. The molecule has 0 aromatic heterocycles. The van der Waals surface area contributed by atoms with Gasteiger partial charge in [0.2, 0.25) is 0 Å². The highest BCUT2D eigenvalue weighted by Crippen LogP contribution is 2.31. The first-order valence-corrected chi connectivity index (χ1v) is 7.00. The van der Waals surface area contributed by atoms with Gasteiger partial charge in [0.15, 0.2) is 0 Å². The van der Waals surface area contributed by atoms with E-state index in [0.29, 0.717) is 12.5 Å². The van der Waals surface area contributed by atoms with Crippen molar-refractivity contribution in [2.24, 2.45) is 5.92 Å². The van der Waals surface area contributed by atoms with E-state index in [1.165, 1.54) is 12.0 Å². The van der Waals surface area contributed by atoms with Crippen molar-refractivity contribution in [2.75, 3.05) is 19.6 Å². The standard InChI is InChI=1S/C15H20N2O2/c18-15(19)17-8-4-7-13-10-16(11-14(13)17)9-12-5-2-1-3-6-12/h1-3,5-6,13-14H,4,7-11H2,(H,18,19). The predicted octanol–water partition coefficient (Wildman–Crippen LogP) is 2.26. The molecule has 1 aromatic carbocycles. The summed E-state index contributed by atoms with van der Waals surface area (Å²) in [5, 5.41) is 9.27. The summed E-state index contributed by atoms with van der Waals surface area (Å²) >= 11 is 0. The van der Waals surface area contributed by atoms with E-state index in [-0.39, 0.29) is 6.04 Å². The quantitative estimate of drug-likeness (QED) is 0.887. The number of fused-ring (bicyclic) bond motifs is 1. The van der Waals surface area contributed by atoms with Crippen LogP contribution in [-0.4, -0.2) is 46.7 Å². The summed E-state index contributed by atoms with van der Waals surface area (Å²) in [4.78, 5) is 15.3. The molecule has 0 radical (unpaired) electrons. The fourth-order valence-corrected chi connectivity index (χ4v) is 3.48. The highest BCUT2D eigenvalue weighted by Gasteiger charge is 2.40. The average Bonchev–Trinajstić information content (AvgIpc) is 2.81. The third-order valence-corrected chi connectivity index (χ3v) is 4.35. The molecule has 102 valence electrons. The Morgan fingerprint density at radius 3 is 2.79 bits per heavy atom. The Bertz CT molecular complexity index is 449. The van der Waals surface area contributed by atoms with Crippen LogP contribution < -0.4 is 0 Å². The summed E-state index contributed by atoms with van der Waals surface area (Å²) in [5.41, 5.74) is 1.31. The number of hydrogen-bond donors (Lipinski definition) is 1. The van der Waals surface area contributed by atoms with E-state index in [9.17, 15) is 9.90 Å². The van der Waals surface area contributed by atoms with Crippen LogP contribution in [0.4, 0.5) is 4.79 Å². The first-order chi connectivity index (χ1) is 9.24. The minimum atomic E-state index is -0.753. The molecule has 2 atom stereocenters. The van der Waals surface area contributed by atoms with Crippen LogP contribution in [0.5, 0.6) is 0 Å². The Hall–Kier alpha value is -1.55. The zero-order chi connectivity index (χ0) is 13.2. The number of hydrogen-bond acceptors (Lipinski definition) is 2. The SMILES string of the molecule is O=C(O)N1CCCC2CN(Cc3ccccc3)CC21. The summed E-state index contributed by atoms with van der Waals surface area (Å²) in [7, 11) is 0. The molecule has 4 nitrogen and oxygen atoms in total. The summed E-state index contributed by atoms with van der Waals surface area (Å²) in [5.74, 6) is 0.522. The summed E-state index contributed by atoms with van der Waals surface area (Å²) in [6.07, 6.45) is 1.42. The van der Waals surface area contributed by atoms with Gasteiger partial charge in [-0.2, -0.15) is 0 Å². The lowest BCUT2D eigenvalue weighted by molar-refractivity contribution is 0.0954. The molecule has 2 aliphatic rings. The number of amides is 1. The molecule has 4 heteroatoms. The molecule has 2 aliphatic heterocycles. The highest BCUT2D eigenvalue weighted by atomic mass is 16.4. The Morgan fingerprint density at radius 2 is 2.05 bits per heavy atom. The van der Waals surface area contributed by atoms with E-state index in [4.69, 9.17) is 0 Å². The van der Waals surface area contributed by atoms with Gasteiger partial charge in [0, 0.05) is 26.2 Å². The first-order valence-electron chi connectivity index (χ1n) is 7.00. The molecule has 1 N–H and O–H groups in total. The van der Waals surface area contributed by atoms with Crippen LogP contribution in [0, 0.1) is 5.92 Å². The van der Waals surface area contributed by atoms with Crippen molar-refractivity contribution >= 4 is 6.09 Å². The summed E-state index contributed by atoms with van der Waals surface area (Å²) in [6, 6.07) is 10.6. The minimum Gasteiger partial charge on any atom is -0.465 e. The molecule has 3 rings (SSSR count). The second kappa shape index (κ2) is 5.21. The molecule has 2 heterocycles. The van der Waals surface area contributed by atoms with E-state index < -0.39 is 6.09 Å². The topological polar surface area (TPSA) is 43.8 Å². The van der Waals surface area contributed by atoms with Gasteiger partial charge in [-0.25, -0.2) is 4.79 Å². The van der Waals surface area contributed by atoms with Crippen LogP contribution >= 0.6 is 0 Å². The zero-order valence-corrected chi connectivity index (χ0v) is 11.0. The number of carboxylic acid groups (broad SMARTS) is 1. The fourth-order valence-electron chi connectivity index (χ4n) is 3.48. The van der Waals surface area contributed by atoms with Crippen molar-refractivity contribution in [1.82, 2.24) is 9.80 Å². The maximum atomic E-state index is 11.3. The molecule has 0 saturated carbocycles. The average molecular weight is 260 g/mol. The lowest BCUT2D eigenvalue weighted by Crippen LogP contribution is -2.47. The van der Waals surface area contributed by atoms with Crippen LogP contribution in [0.2, 0.25) is 0 Å². The van der Waals surface area contributed by atoms with Crippen LogP contribution in [0.1, 0.15) is 18.4 Å². The maximum absolute atomic E-state index is 11.3. The molecule has 2 fully saturated rings. The molecular formula is C15H20N2O2. The van der Waals surface area contributed by atoms with Gasteiger partial charge in [-0.15, -0.1) is 0 Å². The molecule has 19 heavy (non-hydrogen) atoms. The lowest BCUT2D eigenvalue weighted by Gasteiger charge is -2.34.